The second kappa shape index (κ2) is 5.82. The third kappa shape index (κ3) is 4.00. The van der Waals surface area contributed by atoms with Gasteiger partial charge in [-0.3, -0.25) is 9.59 Å². The van der Waals surface area contributed by atoms with Crippen LogP contribution in [-0.4, -0.2) is 24.2 Å². The number of carbonyl (C=O) groups excluding carboxylic acids is 1. The molecule has 0 radical (unpaired) electrons. The molecule has 5 nitrogen and oxygen atoms in total. The van der Waals surface area contributed by atoms with Gasteiger partial charge in [-0.2, -0.15) is 0 Å². The Morgan fingerprint density at radius 1 is 1.39 bits per heavy atom. The molecule has 0 bridgehead atoms. The van der Waals surface area contributed by atoms with E-state index in [9.17, 15) is 9.59 Å². The number of carbonyl (C=O) groups is 1. The van der Waals surface area contributed by atoms with Crippen molar-refractivity contribution in [2.24, 2.45) is 5.41 Å². The predicted octanol–water partition coefficient (Wildman–Crippen LogP) is 1.48. The molecule has 0 spiro atoms. The highest BCUT2D eigenvalue weighted by molar-refractivity contribution is 5.94. The molecule has 0 saturated carbocycles. The van der Waals surface area contributed by atoms with Gasteiger partial charge in [-0.25, -0.2) is 0 Å². The first-order chi connectivity index (χ1) is 8.34. The van der Waals surface area contributed by atoms with E-state index in [1.807, 2.05) is 20.8 Å². The number of pyridine rings is 1. The van der Waals surface area contributed by atoms with Crippen LogP contribution in [0.3, 0.4) is 0 Å². The number of amides is 1. The maximum atomic E-state index is 11.8. The zero-order valence-electron chi connectivity index (χ0n) is 11.3. The van der Waals surface area contributed by atoms with Crippen LogP contribution >= 0.6 is 0 Å². The molecule has 0 aliphatic rings. The van der Waals surface area contributed by atoms with Crippen molar-refractivity contribution in [3.8, 4) is 0 Å². The predicted molar refractivity (Wildman–Crippen MR) is 70.7 cm³/mol. The Hall–Kier alpha value is -1.62. The highest BCUT2D eigenvalue weighted by atomic mass is 16.5. The van der Waals surface area contributed by atoms with E-state index in [4.69, 9.17) is 4.74 Å². The fourth-order valence-corrected chi connectivity index (χ4v) is 1.29. The van der Waals surface area contributed by atoms with E-state index in [1.165, 1.54) is 10.6 Å². The van der Waals surface area contributed by atoms with E-state index in [0.717, 1.165) is 0 Å². The van der Waals surface area contributed by atoms with E-state index in [-0.39, 0.29) is 11.5 Å². The van der Waals surface area contributed by atoms with E-state index in [0.29, 0.717) is 18.8 Å². The minimum Gasteiger partial charge on any atom is -0.383 e. The first-order valence-electron chi connectivity index (χ1n) is 5.85. The van der Waals surface area contributed by atoms with Crippen LogP contribution in [0.1, 0.15) is 20.8 Å². The monoisotopic (exact) mass is 252 g/mol. The molecule has 1 heterocycles. The Bertz CT molecular complexity index is 472. The van der Waals surface area contributed by atoms with Gasteiger partial charge in [-0.05, 0) is 6.07 Å². The fourth-order valence-electron chi connectivity index (χ4n) is 1.29. The molecule has 5 heteroatoms. The average molecular weight is 252 g/mol. The highest BCUT2D eigenvalue weighted by Crippen LogP contribution is 2.16. The van der Waals surface area contributed by atoms with Crippen LogP contribution in [0.4, 0.5) is 5.69 Å². The number of nitrogens with one attached hydrogen (secondary N) is 1. The van der Waals surface area contributed by atoms with Crippen LogP contribution in [0.2, 0.25) is 0 Å². The summed E-state index contributed by atoms with van der Waals surface area (Å²) >= 11 is 0. The number of rotatable bonds is 4. The molecule has 1 aromatic heterocycles. The normalized spacial score (nSPS) is 11.3. The van der Waals surface area contributed by atoms with Gasteiger partial charge in [0, 0.05) is 31.3 Å². The molecule has 0 saturated heterocycles. The van der Waals surface area contributed by atoms with Crippen molar-refractivity contribution in [3.63, 3.8) is 0 Å². The van der Waals surface area contributed by atoms with Gasteiger partial charge in [0.05, 0.1) is 12.3 Å². The third-order valence-electron chi connectivity index (χ3n) is 2.46. The molecule has 18 heavy (non-hydrogen) atoms. The lowest BCUT2D eigenvalue weighted by atomic mass is 9.96. The summed E-state index contributed by atoms with van der Waals surface area (Å²) in [5.74, 6) is -0.0839. The van der Waals surface area contributed by atoms with Gasteiger partial charge >= 0.3 is 0 Å². The minimum atomic E-state index is -0.465. The zero-order valence-corrected chi connectivity index (χ0v) is 11.3. The number of methoxy groups -OCH3 is 1. The number of nitrogens with zero attached hydrogens (tertiary/aromatic N) is 1. The Labute approximate surface area is 107 Å². The van der Waals surface area contributed by atoms with E-state index in [2.05, 4.69) is 5.32 Å². The highest BCUT2D eigenvalue weighted by Gasteiger charge is 2.21. The van der Waals surface area contributed by atoms with Gasteiger partial charge in [-0.15, -0.1) is 0 Å². The average Bonchev–Trinajstić information content (AvgIpc) is 2.28. The number of hydrogen-bond donors (Lipinski definition) is 1. The lowest BCUT2D eigenvalue weighted by Gasteiger charge is -2.18. The molecule has 0 aliphatic carbocycles. The first kappa shape index (κ1) is 14.4. The maximum absolute atomic E-state index is 11.8. The summed E-state index contributed by atoms with van der Waals surface area (Å²) in [6.45, 7) is 6.43. The van der Waals surface area contributed by atoms with Crippen LogP contribution in [0.25, 0.3) is 0 Å². The maximum Gasteiger partial charge on any atom is 0.250 e. The molecule has 0 aliphatic heterocycles. The summed E-state index contributed by atoms with van der Waals surface area (Å²) in [5, 5.41) is 2.79. The molecule has 0 aromatic carbocycles. The van der Waals surface area contributed by atoms with Gasteiger partial charge in [-0.1, -0.05) is 20.8 Å². The second-order valence-corrected chi connectivity index (χ2v) is 5.15. The third-order valence-corrected chi connectivity index (χ3v) is 2.46. The van der Waals surface area contributed by atoms with Crippen LogP contribution in [-0.2, 0) is 16.1 Å². The number of hydrogen-bond acceptors (Lipinski definition) is 3. The topological polar surface area (TPSA) is 60.3 Å². The van der Waals surface area contributed by atoms with E-state index in [1.54, 1.807) is 19.4 Å². The molecular weight excluding hydrogens is 232 g/mol. The number of anilines is 1. The van der Waals surface area contributed by atoms with Crippen molar-refractivity contribution in [3.05, 3.63) is 28.7 Å². The lowest BCUT2D eigenvalue weighted by Crippen LogP contribution is -2.29. The summed E-state index contributed by atoms with van der Waals surface area (Å²) in [4.78, 5) is 23.4. The summed E-state index contributed by atoms with van der Waals surface area (Å²) in [7, 11) is 1.58. The number of aromatic nitrogens is 1. The lowest BCUT2D eigenvalue weighted by molar-refractivity contribution is -0.123. The smallest absolute Gasteiger partial charge is 0.250 e. The molecule has 0 unspecified atom stereocenters. The van der Waals surface area contributed by atoms with Crippen molar-refractivity contribution >= 4 is 11.6 Å². The van der Waals surface area contributed by atoms with Crippen molar-refractivity contribution in [2.75, 3.05) is 19.0 Å². The van der Waals surface area contributed by atoms with E-state index < -0.39 is 5.41 Å². The Morgan fingerprint density at radius 3 is 2.61 bits per heavy atom. The molecule has 1 N–H and O–H groups in total. The van der Waals surface area contributed by atoms with Crippen molar-refractivity contribution in [1.29, 1.82) is 0 Å². The SMILES string of the molecule is COCCn1cc(NC(=O)C(C)(C)C)ccc1=O. The van der Waals surface area contributed by atoms with Gasteiger partial charge in [0.15, 0.2) is 0 Å². The standard InChI is InChI=1S/C13H20N2O3/c1-13(2,3)12(17)14-10-5-6-11(16)15(9-10)7-8-18-4/h5-6,9H,7-8H2,1-4H3,(H,14,17). The zero-order chi connectivity index (χ0) is 13.8. The van der Waals surface area contributed by atoms with Gasteiger partial charge in [0.25, 0.3) is 5.56 Å². The van der Waals surface area contributed by atoms with Crippen molar-refractivity contribution in [1.82, 2.24) is 4.57 Å². The van der Waals surface area contributed by atoms with Crippen LogP contribution < -0.4 is 10.9 Å². The molecule has 1 amide bonds. The van der Waals surface area contributed by atoms with Gasteiger partial charge < -0.3 is 14.6 Å². The molecule has 1 rings (SSSR count). The quantitative estimate of drug-likeness (QED) is 0.883. The summed E-state index contributed by atoms with van der Waals surface area (Å²) < 4.78 is 6.44. The van der Waals surface area contributed by atoms with Gasteiger partial charge in [0.2, 0.25) is 5.91 Å². The van der Waals surface area contributed by atoms with Crippen LogP contribution in [0.15, 0.2) is 23.1 Å². The Balaban J connectivity index is 2.85. The molecule has 0 atom stereocenters. The van der Waals surface area contributed by atoms with E-state index >= 15 is 0 Å². The molecular formula is C13H20N2O3. The Kier molecular flexibility index (Phi) is 4.67. The summed E-state index contributed by atoms with van der Waals surface area (Å²) in [6.07, 6.45) is 1.63. The molecule has 1 aromatic rings. The second-order valence-electron chi connectivity index (χ2n) is 5.15. The summed E-state index contributed by atoms with van der Waals surface area (Å²) in [6, 6.07) is 3.04. The minimum absolute atomic E-state index is 0.0839. The van der Waals surface area contributed by atoms with Gasteiger partial charge in [0.1, 0.15) is 0 Å². The molecule has 100 valence electrons. The Morgan fingerprint density at radius 2 is 2.06 bits per heavy atom. The number of ether oxygens (including phenoxy) is 1. The first-order valence-corrected chi connectivity index (χ1v) is 5.85. The van der Waals surface area contributed by atoms with Crippen molar-refractivity contribution in [2.45, 2.75) is 27.3 Å². The molecule has 0 fully saturated rings. The van der Waals surface area contributed by atoms with Crippen molar-refractivity contribution < 1.29 is 9.53 Å². The van der Waals surface area contributed by atoms with Crippen LogP contribution in [0, 0.1) is 5.41 Å². The largest absolute Gasteiger partial charge is 0.383 e. The fraction of sp³-hybridized carbons (Fsp3) is 0.538. The summed E-state index contributed by atoms with van der Waals surface area (Å²) in [5.41, 5.74) is 0.0412. The van der Waals surface area contributed by atoms with Crippen LogP contribution in [0.5, 0.6) is 0 Å².